The predicted molar refractivity (Wildman–Crippen MR) is 84.3 cm³/mol. The van der Waals surface area contributed by atoms with Crippen molar-refractivity contribution >= 4 is 5.91 Å². The summed E-state index contributed by atoms with van der Waals surface area (Å²) in [6.07, 6.45) is 0.888. The first-order valence-electron chi connectivity index (χ1n) is 7.46. The van der Waals surface area contributed by atoms with E-state index in [1.807, 2.05) is 0 Å². The Bertz CT molecular complexity index is 522. The van der Waals surface area contributed by atoms with Crippen LogP contribution in [0.3, 0.4) is 0 Å². The molecule has 1 amide bonds. The van der Waals surface area contributed by atoms with Crippen LogP contribution in [0.2, 0.25) is 0 Å². The third-order valence-corrected chi connectivity index (χ3v) is 3.18. The number of benzene rings is 1. The molecule has 0 aliphatic heterocycles. The fraction of sp³-hybridized carbons (Fsp3) is 0.562. The maximum atomic E-state index is 13.1. The van der Waals surface area contributed by atoms with Gasteiger partial charge in [-0.15, -0.1) is 0 Å². The number of nitrogens with two attached hydrogens (primary N) is 1. The van der Waals surface area contributed by atoms with E-state index in [1.165, 1.54) is 19.2 Å². The van der Waals surface area contributed by atoms with E-state index in [0.29, 0.717) is 24.0 Å². The van der Waals surface area contributed by atoms with E-state index in [1.54, 1.807) is 6.07 Å². The fourth-order valence-corrected chi connectivity index (χ4v) is 1.72. The Balaban J connectivity index is 2.72. The second-order valence-corrected chi connectivity index (χ2v) is 5.64. The minimum atomic E-state index is -3.13. The van der Waals surface area contributed by atoms with E-state index >= 15 is 0 Å². The molecule has 1 aromatic rings. The summed E-state index contributed by atoms with van der Waals surface area (Å²) in [5, 5.41) is 2.15. The molecular formula is C16H24F2N2O3. The summed E-state index contributed by atoms with van der Waals surface area (Å²) < 4.78 is 36.9. The summed E-state index contributed by atoms with van der Waals surface area (Å²) in [4.78, 5) is 11.9. The first-order valence-corrected chi connectivity index (χ1v) is 7.46. The lowest BCUT2D eigenvalue weighted by atomic mass is 10.1. The number of rotatable bonds is 9. The molecule has 23 heavy (non-hydrogen) atoms. The van der Waals surface area contributed by atoms with Crippen LogP contribution in [0.1, 0.15) is 30.6 Å². The number of alkyl halides is 2. The van der Waals surface area contributed by atoms with Crippen LogP contribution >= 0.6 is 0 Å². The Labute approximate surface area is 135 Å². The molecule has 7 heteroatoms. The van der Waals surface area contributed by atoms with Gasteiger partial charge < -0.3 is 20.5 Å². The molecule has 0 bridgehead atoms. The van der Waals surface area contributed by atoms with Crippen LogP contribution in [0.4, 0.5) is 8.78 Å². The van der Waals surface area contributed by atoms with Crippen molar-refractivity contribution in [3.8, 4) is 11.5 Å². The minimum Gasteiger partial charge on any atom is -0.493 e. The Morgan fingerprint density at radius 2 is 2.04 bits per heavy atom. The zero-order valence-electron chi connectivity index (χ0n) is 13.7. The van der Waals surface area contributed by atoms with Crippen molar-refractivity contribution in [3.63, 3.8) is 0 Å². The topological polar surface area (TPSA) is 73.6 Å². The summed E-state index contributed by atoms with van der Waals surface area (Å²) in [6, 6.07) is 4.55. The van der Waals surface area contributed by atoms with Gasteiger partial charge in [0.25, 0.3) is 11.8 Å². The molecule has 1 aromatic carbocycles. The van der Waals surface area contributed by atoms with Gasteiger partial charge in [0.15, 0.2) is 11.5 Å². The zero-order valence-corrected chi connectivity index (χ0v) is 13.7. The molecule has 0 spiro atoms. The van der Waals surface area contributed by atoms with Crippen LogP contribution in [0.5, 0.6) is 11.5 Å². The highest BCUT2D eigenvalue weighted by Crippen LogP contribution is 2.28. The number of hydrogen-bond acceptors (Lipinski definition) is 4. The molecule has 0 heterocycles. The molecule has 130 valence electrons. The lowest BCUT2D eigenvalue weighted by Gasteiger charge is -2.15. The maximum Gasteiger partial charge on any atom is 0.277 e. The van der Waals surface area contributed by atoms with Gasteiger partial charge in [-0.25, -0.2) is 8.78 Å². The van der Waals surface area contributed by atoms with Gasteiger partial charge in [0.05, 0.1) is 26.8 Å². The highest BCUT2D eigenvalue weighted by molar-refractivity contribution is 5.94. The number of methoxy groups -OCH3 is 1. The number of carbonyl (C=O) groups is 1. The molecular weight excluding hydrogens is 306 g/mol. The monoisotopic (exact) mass is 330 g/mol. The third kappa shape index (κ3) is 6.40. The molecule has 0 atom stereocenters. The van der Waals surface area contributed by atoms with Crippen molar-refractivity contribution in [2.75, 3.05) is 26.8 Å². The standard InChI is InChI=1S/C16H24F2N2O3/c1-11(2)6-7-23-13-5-4-12(8-14(13)22-3)15(21)20-10-16(17,18)9-19/h4-5,8,11H,6-7,9-10,19H2,1-3H3,(H,20,21). The molecule has 0 aromatic heterocycles. The van der Waals surface area contributed by atoms with Gasteiger partial charge in [0.1, 0.15) is 0 Å². The normalized spacial score (nSPS) is 11.4. The Hall–Kier alpha value is -1.89. The van der Waals surface area contributed by atoms with Crippen molar-refractivity contribution in [1.82, 2.24) is 5.32 Å². The summed E-state index contributed by atoms with van der Waals surface area (Å²) in [5.74, 6) is -2.34. The van der Waals surface area contributed by atoms with Crippen molar-refractivity contribution in [3.05, 3.63) is 23.8 Å². The fourth-order valence-electron chi connectivity index (χ4n) is 1.72. The Morgan fingerprint density at radius 3 is 2.61 bits per heavy atom. The van der Waals surface area contributed by atoms with Crippen LogP contribution < -0.4 is 20.5 Å². The largest absolute Gasteiger partial charge is 0.493 e. The Kier molecular flexibility index (Phi) is 7.22. The first kappa shape index (κ1) is 19.2. The second-order valence-electron chi connectivity index (χ2n) is 5.64. The van der Waals surface area contributed by atoms with Gasteiger partial charge >= 0.3 is 0 Å². The summed E-state index contributed by atoms with van der Waals surface area (Å²) >= 11 is 0. The molecule has 5 nitrogen and oxygen atoms in total. The van der Waals surface area contributed by atoms with Crippen molar-refractivity contribution in [2.24, 2.45) is 11.7 Å². The molecule has 0 saturated carbocycles. The number of nitrogens with one attached hydrogen (secondary N) is 1. The number of carbonyl (C=O) groups excluding carboxylic acids is 1. The zero-order chi connectivity index (χ0) is 17.5. The lowest BCUT2D eigenvalue weighted by molar-refractivity contribution is 0.0118. The molecule has 0 radical (unpaired) electrons. The van der Waals surface area contributed by atoms with Crippen molar-refractivity contribution in [1.29, 1.82) is 0 Å². The van der Waals surface area contributed by atoms with Gasteiger partial charge in [-0.05, 0) is 30.5 Å². The average molecular weight is 330 g/mol. The molecule has 1 rings (SSSR count). The van der Waals surface area contributed by atoms with Crippen molar-refractivity contribution < 1.29 is 23.0 Å². The SMILES string of the molecule is COc1cc(C(=O)NCC(F)(F)CN)ccc1OCCC(C)C. The number of ether oxygens (including phenoxy) is 2. The van der Waals surface area contributed by atoms with E-state index in [9.17, 15) is 13.6 Å². The molecule has 0 aliphatic carbocycles. The number of amides is 1. The van der Waals surface area contributed by atoms with E-state index in [0.717, 1.165) is 6.42 Å². The van der Waals surface area contributed by atoms with Gasteiger partial charge in [-0.2, -0.15) is 0 Å². The van der Waals surface area contributed by atoms with Crippen LogP contribution in [-0.4, -0.2) is 38.6 Å². The molecule has 0 saturated heterocycles. The predicted octanol–water partition coefficient (Wildman–Crippen LogP) is 2.44. The molecule has 0 fully saturated rings. The molecule has 0 aliphatic rings. The third-order valence-electron chi connectivity index (χ3n) is 3.18. The second kappa shape index (κ2) is 8.67. The van der Waals surface area contributed by atoms with Crippen LogP contribution in [0, 0.1) is 5.92 Å². The van der Waals surface area contributed by atoms with Crippen molar-refractivity contribution in [2.45, 2.75) is 26.2 Å². The number of hydrogen-bond donors (Lipinski definition) is 2. The Morgan fingerprint density at radius 1 is 1.35 bits per heavy atom. The van der Waals surface area contributed by atoms with E-state index in [-0.39, 0.29) is 5.56 Å². The quantitative estimate of drug-likeness (QED) is 0.729. The molecule has 3 N–H and O–H groups in total. The average Bonchev–Trinajstić information content (AvgIpc) is 2.52. The van der Waals surface area contributed by atoms with E-state index in [4.69, 9.17) is 15.2 Å². The smallest absolute Gasteiger partial charge is 0.277 e. The maximum absolute atomic E-state index is 13.1. The summed E-state index contributed by atoms with van der Waals surface area (Å²) in [5.41, 5.74) is 5.14. The van der Waals surface area contributed by atoms with E-state index in [2.05, 4.69) is 19.2 Å². The van der Waals surface area contributed by atoms with Gasteiger partial charge in [0.2, 0.25) is 0 Å². The van der Waals surface area contributed by atoms with Gasteiger partial charge in [0, 0.05) is 5.56 Å². The highest BCUT2D eigenvalue weighted by Gasteiger charge is 2.27. The lowest BCUT2D eigenvalue weighted by Crippen LogP contribution is -2.41. The van der Waals surface area contributed by atoms with Gasteiger partial charge in [-0.3, -0.25) is 4.79 Å². The van der Waals surface area contributed by atoms with Crippen LogP contribution in [-0.2, 0) is 0 Å². The highest BCUT2D eigenvalue weighted by atomic mass is 19.3. The van der Waals surface area contributed by atoms with Crippen LogP contribution in [0.25, 0.3) is 0 Å². The molecule has 0 unspecified atom stereocenters. The minimum absolute atomic E-state index is 0.214. The van der Waals surface area contributed by atoms with E-state index < -0.39 is 24.9 Å². The summed E-state index contributed by atoms with van der Waals surface area (Å²) in [6.45, 7) is 3.08. The summed E-state index contributed by atoms with van der Waals surface area (Å²) in [7, 11) is 1.45. The van der Waals surface area contributed by atoms with Crippen LogP contribution in [0.15, 0.2) is 18.2 Å². The number of halogens is 2. The first-order chi connectivity index (χ1) is 10.8. The van der Waals surface area contributed by atoms with Gasteiger partial charge in [-0.1, -0.05) is 13.8 Å².